The van der Waals surface area contributed by atoms with Gasteiger partial charge in [-0.1, -0.05) is 24.3 Å². The number of fused-ring (bicyclic) bond motifs is 1. The van der Waals surface area contributed by atoms with Crippen LogP contribution in [0.5, 0.6) is 0 Å². The number of hydrogen-bond acceptors (Lipinski definition) is 4. The van der Waals surface area contributed by atoms with E-state index in [4.69, 9.17) is 5.73 Å². The molecule has 2 heterocycles. The van der Waals surface area contributed by atoms with Crippen molar-refractivity contribution in [3.05, 3.63) is 76.7 Å². The van der Waals surface area contributed by atoms with E-state index in [0.29, 0.717) is 18.1 Å². The Hall–Kier alpha value is -3.87. The van der Waals surface area contributed by atoms with Crippen LogP contribution in [0.2, 0.25) is 0 Å². The van der Waals surface area contributed by atoms with E-state index in [1.807, 2.05) is 48.7 Å². The van der Waals surface area contributed by atoms with E-state index in [-0.39, 0.29) is 11.5 Å². The number of anilines is 2. The third-order valence-corrected chi connectivity index (χ3v) is 4.58. The van der Waals surface area contributed by atoms with Crippen LogP contribution in [0.3, 0.4) is 0 Å². The summed E-state index contributed by atoms with van der Waals surface area (Å²) in [6.07, 6.45) is 1.81. The maximum atomic E-state index is 12.4. The number of hydrogen-bond donors (Lipinski definition) is 3. The lowest BCUT2D eigenvalue weighted by atomic mass is 10.1. The van der Waals surface area contributed by atoms with Gasteiger partial charge in [-0.3, -0.25) is 14.7 Å². The van der Waals surface area contributed by atoms with Gasteiger partial charge in [0, 0.05) is 30.3 Å². The van der Waals surface area contributed by atoms with Crippen LogP contribution < -0.4 is 16.6 Å². The number of H-pyrrole nitrogens is 1. The van der Waals surface area contributed by atoms with E-state index in [1.54, 1.807) is 16.7 Å². The van der Waals surface area contributed by atoms with Crippen molar-refractivity contribution in [2.75, 3.05) is 11.1 Å². The van der Waals surface area contributed by atoms with Crippen LogP contribution in [0, 0.1) is 0 Å². The zero-order valence-corrected chi connectivity index (χ0v) is 15.3. The number of nitrogens with zero attached hydrogens (tertiary/aromatic N) is 2. The first-order valence-corrected chi connectivity index (χ1v) is 8.81. The minimum atomic E-state index is -0.152. The van der Waals surface area contributed by atoms with Crippen LogP contribution in [0.4, 0.5) is 11.5 Å². The first kappa shape index (κ1) is 17.5. The average Bonchev–Trinajstić information content (AvgIpc) is 3.05. The van der Waals surface area contributed by atoms with Crippen LogP contribution >= 0.6 is 0 Å². The van der Waals surface area contributed by atoms with E-state index in [1.165, 1.54) is 6.92 Å². The molecule has 0 unspecified atom stereocenters. The van der Waals surface area contributed by atoms with Crippen molar-refractivity contribution in [3.63, 3.8) is 0 Å². The number of para-hydroxylation sites is 1. The molecule has 0 saturated heterocycles. The zero-order chi connectivity index (χ0) is 19.7. The summed E-state index contributed by atoms with van der Waals surface area (Å²) in [5.41, 5.74) is 9.94. The normalized spacial score (nSPS) is 10.9. The first-order chi connectivity index (χ1) is 13.5. The number of carbonyl (C=O) groups excluding carboxylic acids is 1. The lowest BCUT2D eigenvalue weighted by molar-refractivity contribution is -0.114. The summed E-state index contributed by atoms with van der Waals surface area (Å²) in [4.78, 5) is 23.8. The molecule has 4 aromatic rings. The molecular formula is C21H19N5O2. The van der Waals surface area contributed by atoms with Gasteiger partial charge in [-0.25, -0.2) is 0 Å². The van der Waals surface area contributed by atoms with E-state index in [2.05, 4.69) is 15.5 Å². The standard InChI is InChI=1S/C21H19N5O2/c1-13(27)23-18-5-3-2-4-16(18)12-26-11-15(7-9-20(26)28)14-6-8-17-19(10-14)24-25-21(17)22/h2-11H,12H2,1H3,(H,23,27)(H3,22,24,25). The van der Waals surface area contributed by atoms with Gasteiger partial charge >= 0.3 is 0 Å². The molecule has 140 valence electrons. The number of rotatable bonds is 4. The molecule has 0 atom stereocenters. The maximum Gasteiger partial charge on any atom is 0.250 e. The molecule has 0 saturated carbocycles. The number of benzene rings is 2. The Morgan fingerprint density at radius 1 is 1.14 bits per heavy atom. The summed E-state index contributed by atoms with van der Waals surface area (Å²) in [7, 11) is 0. The van der Waals surface area contributed by atoms with Crippen LogP contribution in [-0.4, -0.2) is 20.7 Å². The highest BCUT2D eigenvalue weighted by Crippen LogP contribution is 2.25. The smallest absolute Gasteiger partial charge is 0.250 e. The molecule has 28 heavy (non-hydrogen) atoms. The van der Waals surface area contributed by atoms with Gasteiger partial charge in [-0.15, -0.1) is 0 Å². The number of amides is 1. The van der Waals surface area contributed by atoms with Crippen LogP contribution in [-0.2, 0) is 11.3 Å². The van der Waals surface area contributed by atoms with Crippen LogP contribution in [0.1, 0.15) is 12.5 Å². The first-order valence-electron chi connectivity index (χ1n) is 8.81. The Bertz CT molecular complexity index is 1240. The fourth-order valence-corrected chi connectivity index (χ4v) is 3.20. The van der Waals surface area contributed by atoms with Crippen LogP contribution in [0.25, 0.3) is 22.0 Å². The summed E-state index contributed by atoms with van der Waals surface area (Å²) < 4.78 is 1.63. The molecule has 7 heteroatoms. The number of aromatic amines is 1. The van der Waals surface area contributed by atoms with E-state index < -0.39 is 0 Å². The average molecular weight is 373 g/mol. The molecule has 0 spiro atoms. The molecule has 0 fully saturated rings. The molecule has 0 aliphatic carbocycles. The van der Waals surface area contributed by atoms with Gasteiger partial charge in [0.1, 0.15) is 0 Å². The number of aromatic nitrogens is 3. The van der Waals surface area contributed by atoms with E-state index in [9.17, 15) is 9.59 Å². The van der Waals surface area contributed by atoms with E-state index in [0.717, 1.165) is 27.6 Å². The monoisotopic (exact) mass is 373 g/mol. The molecule has 7 nitrogen and oxygen atoms in total. The number of carbonyl (C=O) groups is 1. The number of nitrogens with two attached hydrogens (primary N) is 1. The van der Waals surface area contributed by atoms with Crippen molar-refractivity contribution in [2.45, 2.75) is 13.5 Å². The Balaban J connectivity index is 1.71. The van der Waals surface area contributed by atoms with Crippen LogP contribution in [0.15, 0.2) is 65.6 Å². The van der Waals surface area contributed by atoms with Crippen molar-refractivity contribution in [3.8, 4) is 11.1 Å². The van der Waals surface area contributed by atoms with Gasteiger partial charge in [-0.05, 0) is 41.0 Å². The second-order valence-electron chi connectivity index (χ2n) is 6.59. The predicted octanol–water partition coefficient (Wildman–Crippen LogP) is 2.98. The van der Waals surface area contributed by atoms with Gasteiger partial charge in [0.05, 0.1) is 12.1 Å². The molecule has 4 rings (SSSR count). The second kappa shape index (κ2) is 7.03. The Morgan fingerprint density at radius 2 is 1.93 bits per heavy atom. The maximum absolute atomic E-state index is 12.4. The predicted molar refractivity (Wildman–Crippen MR) is 110 cm³/mol. The number of pyridine rings is 1. The fraction of sp³-hybridized carbons (Fsp3) is 0.0952. The summed E-state index contributed by atoms with van der Waals surface area (Å²) in [6, 6.07) is 16.6. The zero-order valence-electron chi connectivity index (χ0n) is 15.3. The molecule has 2 aromatic carbocycles. The topological polar surface area (TPSA) is 106 Å². The van der Waals surface area contributed by atoms with E-state index >= 15 is 0 Å². The Morgan fingerprint density at radius 3 is 2.75 bits per heavy atom. The number of nitrogen functional groups attached to an aromatic ring is 1. The third kappa shape index (κ3) is 3.37. The van der Waals surface area contributed by atoms with Crippen molar-refractivity contribution < 1.29 is 4.79 Å². The summed E-state index contributed by atoms with van der Waals surface area (Å²) in [6.45, 7) is 1.81. The highest BCUT2D eigenvalue weighted by molar-refractivity contribution is 5.91. The van der Waals surface area contributed by atoms with Gasteiger partial charge in [0.2, 0.25) is 5.91 Å². The second-order valence-corrected chi connectivity index (χ2v) is 6.59. The molecular weight excluding hydrogens is 354 g/mol. The Kier molecular flexibility index (Phi) is 4.41. The molecule has 2 aromatic heterocycles. The van der Waals surface area contributed by atoms with Gasteiger partial charge in [0.25, 0.3) is 5.56 Å². The van der Waals surface area contributed by atoms with Crippen molar-refractivity contribution in [1.82, 2.24) is 14.8 Å². The highest BCUT2D eigenvalue weighted by Gasteiger charge is 2.09. The molecule has 0 aliphatic rings. The molecule has 0 aliphatic heterocycles. The van der Waals surface area contributed by atoms with Crippen molar-refractivity contribution >= 4 is 28.3 Å². The van der Waals surface area contributed by atoms with Crippen molar-refractivity contribution in [1.29, 1.82) is 0 Å². The lowest BCUT2D eigenvalue weighted by Crippen LogP contribution is -2.20. The molecule has 1 amide bonds. The molecule has 0 radical (unpaired) electrons. The van der Waals surface area contributed by atoms with Gasteiger partial charge in [-0.2, -0.15) is 5.10 Å². The minimum absolute atomic E-state index is 0.117. The Labute approximate surface area is 160 Å². The quantitative estimate of drug-likeness (QED) is 0.511. The largest absolute Gasteiger partial charge is 0.382 e. The summed E-state index contributed by atoms with van der Waals surface area (Å²) in [5, 5.41) is 10.6. The third-order valence-electron chi connectivity index (χ3n) is 4.58. The highest BCUT2D eigenvalue weighted by atomic mass is 16.1. The lowest BCUT2D eigenvalue weighted by Gasteiger charge is -2.13. The number of nitrogens with one attached hydrogen (secondary N) is 2. The fourth-order valence-electron chi connectivity index (χ4n) is 3.20. The van der Waals surface area contributed by atoms with Crippen molar-refractivity contribution in [2.24, 2.45) is 0 Å². The van der Waals surface area contributed by atoms with Gasteiger partial charge in [0.15, 0.2) is 5.82 Å². The summed E-state index contributed by atoms with van der Waals surface area (Å²) >= 11 is 0. The SMILES string of the molecule is CC(=O)Nc1ccccc1Cn1cc(-c2ccc3c(N)n[nH]c3c2)ccc1=O. The minimum Gasteiger partial charge on any atom is -0.382 e. The summed E-state index contributed by atoms with van der Waals surface area (Å²) in [5.74, 6) is 0.307. The van der Waals surface area contributed by atoms with Gasteiger partial charge < -0.3 is 15.6 Å². The molecule has 0 bridgehead atoms. The molecule has 4 N–H and O–H groups in total.